The van der Waals surface area contributed by atoms with Gasteiger partial charge >= 0.3 is 11.9 Å². The van der Waals surface area contributed by atoms with Crippen LogP contribution >= 0.6 is 0 Å². The fourth-order valence-electron chi connectivity index (χ4n) is 5.94. The first-order valence-electron chi connectivity index (χ1n) is 18.9. The van der Waals surface area contributed by atoms with Crippen LogP contribution in [0.25, 0.3) is 21.8 Å². The highest BCUT2D eigenvalue weighted by atomic mass is 16.5. The maximum absolute atomic E-state index is 11.6. The summed E-state index contributed by atoms with van der Waals surface area (Å²) in [4.78, 5) is 22.4. The van der Waals surface area contributed by atoms with Crippen LogP contribution in [0.2, 0.25) is 0 Å². The van der Waals surface area contributed by atoms with Gasteiger partial charge in [0, 0.05) is 0 Å². The van der Waals surface area contributed by atoms with Gasteiger partial charge in [-0.05, 0) is 94.3 Å². The highest BCUT2D eigenvalue weighted by Crippen LogP contribution is 2.29. The molecule has 2 heterocycles. The second-order valence-corrected chi connectivity index (χ2v) is 13.6. The van der Waals surface area contributed by atoms with Gasteiger partial charge in [0.25, 0.3) is 0 Å². The number of benzene rings is 4. The first-order chi connectivity index (χ1) is 28.0. The molecule has 6 aromatic rings. The van der Waals surface area contributed by atoms with E-state index in [-0.39, 0.29) is 52.5 Å². The lowest BCUT2D eigenvalue weighted by Crippen LogP contribution is -2.09. The Morgan fingerprint density at radius 2 is 1.13 bits per heavy atom. The van der Waals surface area contributed by atoms with Crippen LogP contribution in [0.15, 0.2) is 85.2 Å². The fraction of sp³-hybridized carbons (Fsp3) is 0.348. The number of carboxylic acids is 1. The number of fused-ring (bicyclic) bond motifs is 2. The van der Waals surface area contributed by atoms with Crippen molar-refractivity contribution < 1.29 is 38.4 Å². The Hall–Kier alpha value is -7.06. The van der Waals surface area contributed by atoms with Gasteiger partial charge in [-0.2, -0.15) is 20.7 Å². The van der Waals surface area contributed by atoms with E-state index in [0.717, 1.165) is 32.9 Å². The van der Waals surface area contributed by atoms with E-state index in [2.05, 4.69) is 22.3 Å². The first-order valence-corrected chi connectivity index (χ1v) is 18.9. The average molecular weight is 819 g/mol. The Balaban J connectivity index is 0.000000311. The number of hydrogen-bond donors (Lipinski definition) is 1. The summed E-state index contributed by atoms with van der Waals surface area (Å²) in [6, 6.07) is 26.5. The molecule has 0 amide bonds. The van der Waals surface area contributed by atoms with E-state index in [1.165, 1.54) is 0 Å². The van der Waals surface area contributed by atoms with E-state index >= 15 is 0 Å². The van der Waals surface area contributed by atoms with Gasteiger partial charge in [0.05, 0.1) is 90.1 Å². The van der Waals surface area contributed by atoms with Crippen molar-refractivity contribution in [2.45, 2.75) is 101 Å². The molecule has 0 saturated heterocycles. The molecule has 2 aromatic heterocycles. The van der Waals surface area contributed by atoms with Crippen molar-refractivity contribution in [1.29, 1.82) is 10.5 Å². The number of carbonyl (C=O) groups is 2. The predicted molar refractivity (Wildman–Crippen MR) is 229 cm³/mol. The second kappa shape index (κ2) is 22.8. The number of nitriles is 2. The van der Waals surface area contributed by atoms with Gasteiger partial charge in [0.15, 0.2) is 0 Å². The largest absolute Gasteiger partial charge is 0.490 e. The predicted octanol–water partition coefficient (Wildman–Crippen LogP) is 9.25. The smallest absolute Gasteiger partial charge is 0.307 e. The van der Waals surface area contributed by atoms with Crippen LogP contribution in [0.5, 0.6) is 23.0 Å². The monoisotopic (exact) mass is 818 g/mol. The molecule has 1 N–H and O–H groups in total. The fourth-order valence-corrected chi connectivity index (χ4v) is 5.94. The molecule has 0 aliphatic carbocycles. The van der Waals surface area contributed by atoms with E-state index in [9.17, 15) is 20.1 Å². The summed E-state index contributed by atoms with van der Waals surface area (Å²) in [5, 5.41) is 37.9. The molecule has 60 heavy (non-hydrogen) atoms. The third kappa shape index (κ3) is 12.7. The van der Waals surface area contributed by atoms with Crippen molar-refractivity contribution in [3.05, 3.63) is 107 Å². The van der Waals surface area contributed by atoms with Gasteiger partial charge in [-0.25, -0.2) is 0 Å². The summed E-state index contributed by atoms with van der Waals surface area (Å²) in [5.41, 5.74) is 4.37. The number of carboxylic acid groups (broad SMARTS) is 1. The molecule has 0 atom stereocenters. The number of aromatic nitrogens is 4. The highest BCUT2D eigenvalue weighted by Gasteiger charge is 2.14. The zero-order chi connectivity index (χ0) is 41.6. The molecule has 0 unspecified atom stereocenters. The van der Waals surface area contributed by atoms with Crippen LogP contribution in [0.4, 0.5) is 0 Å². The summed E-state index contributed by atoms with van der Waals surface area (Å²) < 4.78 is 31.7. The zero-order valence-electron chi connectivity index (χ0n) is 33.2. The lowest BCUT2D eigenvalue weighted by molar-refractivity contribution is -0.143. The standard InChI is InChI=1S/C23H25N3O4.C21H21N3O4.2CH4/c1-4-28-23(27)10-11-26-20-6-5-7-22(19(20)14-25-26)29-15-17-8-9-21(30-16(2)3)18(12-17)13-24;1-14(2)28-19-7-6-15(10-16(19)11-22)13-27-20-5-3-4-18-17(20)12-23-24(18)9-8-21(25)26;;/h5-9,12,14,16H,4,10-11,15H2,1-3H3;3-7,10,12,14H,8-9,13H2,1-2H3,(H,25,26);2*1H4. The van der Waals surface area contributed by atoms with E-state index in [4.69, 9.17) is 28.8 Å². The van der Waals surface area contributed by atoms with Crippen molar-refractivity contribution in [2.24, 2.45) is 0 Å². The van der Waals surface area contributed by atoms with Crippen LogP contribution in [-0.2, 0) is 40.6 Å². The Morgan fingerprint density at radius 1 is 0.683 bits per heavy atom. The number of esters is 1. The average Bonchev–Trinajstić information content (AvgIpc) is 3.83. The van der Waals surface area contributed by atoms with Gasteiger partial charge in [-0.15, -0.1) is 0 Å². The van der Waals surface area contributed by atoms with Gasteiger partial charge in [-0.1, -0.05) is 39.1 Å². The lowest BCUT2D eigenvalue weighted by Gasteiger charge is -2.13. The van der Waals surface area contributed by atoms with Crippen LogP contribution < -0.4 is 18.9 Å². The molecule has 0 aliphatic rings. The Bertz CT molecular complexity index is 2440. The van der Waals surface area contributed by atoms with Gasteiger partial charge in [0.2, 0.25) is 0 Å². The number of nitrogens with zero attached hydrogens (tertiary/aromatic N) is 6. The van der Waals surface area contributed by atoms with Gasteiger partial charge in [-0.3, -0.25) is 19.0 Å². The Kier molecular flexibility index (Phi) is 18.0. The summed E-state index contributed by atoms with van der Waals surface area (Å²) in [5.74, 6) is 1.36. The second-order valence-electron chi connectivity index (χ2n) is 13.6. The van der Waals surface area contributed by atoms with E-state index in [1.54, 1.807) is 52.9 Å². The minimum atomic E-state index is -0.866. The summed E-state index contributed by atoms with van der Waals surface area (Å²) in [6.45, 7) is 11.2. The molecule has 14 heteroatoms. The number of carbonyl (C=O) groups excluding carboxylic acids is 1. The maximum atomic E-state index is 11.6. The van der Waals surface area contributed by atoms with Crippen molar-refractivity contribution in [1.82, 2.24) is 19.6 Å². The number of hydrogen-bond acceptors (Lipinski definition) is 11. The molecule has 0 saturated carbocycles. The van der Waals surface area contributed by atoms with E-state index in [1.807, 2.05) is 76.2 Å². The Labute approximate surface area is 351 Å². The van der Waals surface area contributed by atoms with Crippen molar-refractivity contribution in [2.75, 3.05) is 6.61 Å². The third-order valence-electron chi connectivity index (χ3n) is 8.51. The third-order valence-corrected chi connectivity index (χ3v) is 8.51. The molecule has 0 fully saturated rings. The number of ether oxygens (including phenoxy) is 5. The molecule has 0 spiro atoms. The molecule has 0 radical (unpaired) electrons. The summed E-state index contributed by atoms with van der Waals surface area (Å²) in [7, 11) is 0. The summed E-state index contributed by atoms with van der Waals surface area (Å²) >= 11 is 0. The Morgan fingerprint density at radius 3 is 1.53 bits per heavy atom. The quantitative estimate of drug-likeness (QED) is 0.0862. The highest BCUT2D eigenvalue weighted by molar-refractivity contribution is 5.86. The molecular formula is C46H54N6O8. The molecular weight excluding hydrogens is 765 g/mol. The lowest BCUT2D eigenvalue weighted by atomic mass is 10.1. The minimum Gasteiger partial charge on any atom is -0.490 e. The minimum absolute atomic E-state index is 0. The van der Waals surface area contributed by atoms with Crippen molar-refractivity contribution >= 4 is 33.7 Å². The molecule has 14 nitrogen and oxygen atoms in total. The SMILES string of the molecule is C.C.CC(C)Oc1ccc(COc2cccc3c2cnn3CCC(=O)O)cc1C#N.CCOC(=O)CCn1ncc2c(OCc3ccc(OC(C)C)c(C#N)c3)cccc21. The molecule has 6 rings (SSSR count). The molecule has 0 aliphatic heterocycles. The van der Waals surface area contributed by atoms with E-state index in [0.29, 0.717) is 60.4 Å². The van der Waals surface area contributed by atoms with Crippen molar-refractivity contribution in [3.63, 3.8) is 0 Å². The van der Waals surface area contributed by atoms with Crippen molar-refractivity contribution in [3.8, 4) is 35.1 Å². The normalized spacial score (nSPS) is 10.4. The van der Waals surface area contributed by atoms with Crippen LogP contribution in [-0.4, -0.2) is 55.4 Å². The van der Waals surface area contributed by atoms with Crippen LogP contribution in [0.1, 0.15) is 84.6 Å². The van der Waals surface area contributed by atoms with Crippen LogP contribution in [0.3, 0.4) is 0 Å². The molecule has 316 valence electrons. The number of aliphatic carboxylic acids is 1. The van der Waals surface area contributed by atoms with Gasteiger partial charge < -0.3 is 28.8 Å². The number of aryl methyl sites for hydroxylation is 2. The molecule has 0 bridgehead atoms. The topological polar surface area (TPSA) is 184 Å². The first kappa shape index (κ1) is 47.3. The summed E-state index contributed by atoms with van der Waals surface area (Å²) in [6.07, 6.45) is 3.66. The number of rotatable bonds is 17. The molecule has 4 aromatic carbocycles. The van der Waals surface area contributed by atoms with Crippen LogP contribution in [0, 0.1) is 22.7 Å². The van der Waals surface area contributed by atoms with E-state index < -0.39 is 5.97 Å². The zero-order valence-corrected chi connectivity index (χ0v) is 33.2. The van der Waals surface area contributed by atoms with Gasteiger partial charge in [0.1, 0.15) is 48.4 Å². The maximum Gasteiger partial charge on any atom is 0.307 e.